The van der Waals surface area contributed by atoms with E-state index in [0.717, 1.165) is 15.8 Å². The van der Waals surface area contributed by atoms with E-state index in [1.807, 2.05) is 0 Å². The quantitative estimate of drug-likeness (QED) is 0.638. The molecule has 2 rings (SSSR count). The molecule has 2 aromatic heterocycles. The van der Waals surface area contributed by atoms with Crippen LogP contribution >= 0.6 is 54.5 Å². The van der Waals surface area contributed by atoms with Gasteiger partial charge in [-0.2, -0.15) is 0 Å². The topological polar surface area (TPSA) is 82.1 Å². The fourth-order valence-electron chi connectivity index (χ4n) is 1.41. The molecule has 0 bridgehead atoms. The molecule has 0 saturated carbocycles. The Morgan fingerprint density at radius 2 is 1.39 bits per heavy atom. The molecule has 0 spiro atoms. The summed E-state index contributed by atoms with van der Waals surface area (Å²) in [6.45, 7) is 0. The molecule has 10 heteroatoms. The Kier molecular flexibility index (Phi) is 8.03. The van der Waals surface area contributed by atoms with Gasteiger partial charge in [0.05, 0.1) is 30.3 Å². The zero-order chi connectivity index (χ0) is 17.6. The Labute approximate surface area is 157 Å². The first-order chi connectivity index (χ1) is 10.9. The number of methoxy groups -OCH3 is 3. The van der Waals surface area contributed by atoms with Crippen LogP contribution in [0.25, 0.3) is 0 Å². The summed E-state index contributed by atoms with van der Waals surface area (Å²) in [7, 11) is 4.30. The average Bonchev–Trinajstić information content (AvgIpc) is 3.09. The fourth-order valence-corrected chi connectivity index (χ4v) is 4.49. The summed E-state index contributed by atoms with van der Waals surface area (Å²) in [5, 5.41) is 12.1. The third kappa shape index (κ3) is 4.93. The van der Waals surface area contributed by atoms with Crippen molar-refractivity contribution in [2.24, 2.45) is 0 Å². The Morgan fingerprint density at radius 3 is 1.74 bits per heavy atom. The SMILES string of the molecule is COC(=O)c1scc(Br)c1OC.COc1c(Br)csc1C(=O)O. The van der Waals surface area contributed by atoms with Crippen LogP contribution in [-0.4, -0.2) is 38.4 Å². The van der Waals surface area contributed by atoms with Gasteiger partial charge in [0.15, 0.2) is 21.3 Å². The van der Waals surface area contributed by atoms with Crippen LogP contribution in [0.5, 0.6) is 11.5 Å². The van der Waals surface area contributed by atoms with E-state index in [1.165, 1.54) is 32.7 Å². The smallest absolute Gasteiger partial charge is 0.351 e. The summed E-state index contributed by atoms with van der Waals surface area (Å²) in [6, 6.07) is 0. The highest BCUT2D eigenvalue weighted by atomic mass is 79.9. The molecule has 1 N–H and O–H groups in total. The largest absolute Gasteiger partial charge is 0.494 e. The third-order valence-electron chi connectivity index (χ3n) is 2.38. The highest BCUT2D eigenvalue weighted by molar-refractivity contribution is 9.11. The summed E-state index contributed by atoms with van der Waals surface area (Å²) < 4.78 is 15.9. The van der Waals surface area contributed by atoms with Crippen molar-refractivity contribution in [2.45, 2.75) is 0 Å². The van der Waals surface area contributed by atoms with Crippen LogP contribution in [0, 0.1) is 0 Å². The number of ether oxygens (including phenoxy) is 3. The first-order valence-electron chi connectivity index (χ1n) is 5.80. The third-order valence-corrected chi connectivity index (χ3v) is 6.05. The molecular weight excluding hydrogens is 476 g/mol. The molecule has 0 aromatic carbocycles. The molecule has 2 aromatic rings. The van der Waals surface area contributed by atoms with E-state index in [4.69, 9.17) is 14.6 Å². The van der Waals surface area contributed by atoms with E-state index >= 15 is 0 Å². The van der Waals surface area contributed by atoms with E-state index in [1.54, 1.807) is 10.8 Å². The lowest BCUT2D eigenvalue weighted by Crippen LogP contribution is -2.00. The van der Waals surface area contributed by atoms with Crippen molar-refractivity contribution in [1.29, 1.82) is 0 Å². The van der Waals surface area contributed by atoms with Crippen LogP contribution in [-0.2, 0) is 4.74 Å². The number of carboxylic acid groups (broad SMARTS) is 1. The average molecular weight is 488 g/mol. The minimum Gasteiger partial charge on any atom is -0.494 e. The van der Waals surface area contributed by atoms with Crippen molar-refractivity contribution in [3.63, 3.8) is 0 Å². The molecule has 126 valence electrons. The van der Waals surface area contributed by atoms with E-state index in [-0.39, 0.29) is 10.8 Å². The molecule has 0 aliphatic heterocycles. The highest BCUT2D eigenvalue weighted by Gasteiger charge is 2.17. The van der Waals surface area contributed by atoms with Gasteiger partial charge in [-0.1, -0.05) is 0 Å². The van der Waals surface area contributed by atoms with E-state index in [0.29, 0.717) is 20.8 Å². The number of esters is 1. The molecule has 6 nitrogen and oxygen atoms in total. The highest BCUT2D eigenvalue weighted by Crippen LogP contribution is 2.35. The molecule has 0 radical (unpaired) electrons. The first-order valence-corrected chi connectivity index (χ1v) is 9.15. The van der Waals surface area contributed by atoms with Gasteiger partial charge >= 0.3 is 11.9 Å². The number of rotatable bonds is 4. The molecule has 0 atom stereocenters. The summed E-state index contributed by atoms with van der Waals surface area (Å²) in [4.78, 5) is 22.3. The minimum atomic E-state index is -0.961. The van der Waals surface area contributed by atoms with Gasteiger partial charge in [0.2, 0.25) is 0 Å². The molecule has 23 heavy (non-hydrogen) atoms. The maximum Gasteiger partial charge on any atom is 0.351 e. The van der Waals surface area contributed by atoms with Gasteiger partial charge in [0, 0.05) is 10.8 Å². The summed E-state index contributed by atoms with van der Waals surface area (Å²) in [6.07, 6.45) is 0. The zero-order valence-electron chi connectivity index (χ0n) is 12.2. The van der Waals surface area contributed by atoms with Crippen molar-refractivity contribution < 1.29 is 28.9 Å². The van der Waals surface area contributed by atoms with Gasteiger partial charge in [-0.05, 0) is 31.9 Å². The van der Waals surface area contributed by atoms with Crippen LogP contribution in [0.3, 0.4) is 0 Å². The van der Waals surface area contributed by atoms with Crippen molar-refractivity contribution in [1.82, 2.24) is 0 Å². The fraction of sp³-hybridized carbons (Fsp3) is 0.231. The Morgan fingerprint density at radius 1 is 0.957 bits per heavy atom. The minimum absolute atomic E-state index is 0.222. The predicted octanol–water partition coefficient (Wildman–Crippen LogP) is 4.52. The monoisotopic (exact) mass is 486 g/mol. The number of carbonyl (C=O) groups excluding carboxylic acids is 1. The summed E-state index contributed by atoms with van der Waals surface area (Å²) in [5.74, 6) is -0.408. The Bertz CT molecular complexity index is 695. The molecule has 0 unspecified atom stereocenters. The van der Waals surface area contributed by atoms with Crippen LogP contribution in [0.4, 0.5) is 0 Å². The number of thiophene rings is 2. The number of hydrogen-bond donors (Lipinski definition) is 1. The molecular formula is C13H12Br2O6S2. The molecule has 0 aliphatic carbocycles. The lowest BCUT2D eigenvalue weighted by molar-refractivity contribution is 0.0602. The second kappa shape index (κ2) is 9.26. The molecule has 2 heterocycles. The van der Waals surface area contributed by atoms with Crippen molar-refractivity contribution in [2.75, 3.05) is 21.3 Å². The van der Waals surface area contributed by atoms with Crippen LogP contribution in [0.1, 0.15) is 19.3 Å². The Balaban J connectivity index is 0.000000231. The molecule has 0 amide bonds. The van der Waals surface area contributed by atoms with Gasteiger partial charge in [-0.15, -0.1) is 22.7 Å². The van der Waals surface area contributed by atoms with Crippen molar-refractivity contribution in [3.05, 3.63) is 29.5 Å². The number of carbonyl (C=O) groups is 2. The van der Waals surface area contributed by atoms with Crippen LogP contribution in [0.15, 0.2) is 19.7 Å². The summed E-state index contributed by atoms with van der Waals surface area (Å²) >= 11 is 8.84. The number of aromatic carboxylic acids is 1. The van der Waals surface area contributed by atoms with E-state index < -0.39 is 5.97 Å². The van der Waals surface area contributed by atoms with Gasteiger partial charge in [-0.25, -0.2) is 9.59 Å². The van der Waals surface area contributed by atoms with Crippen LogP contribution < -0.4 is 9.47 Å². The number of halogens is 2. The van der Waals surface area contributed by atoms with Crippen LogP contribution in [0.2, 0.25) is 0 Å². The first kappa shape index (κ1) is 19.9. The number of hydrogen-bond acceptors (Lipinski definition) is 7. The second-order valence-electron chi connectivity index (χ2n) is 3.69. The lowest BCUT2D eigenvalue weighted by Gasteiger charge is -2.00. The van der Waals surface area contributed by atoms with Gasteiger partial charge < -0.3 is 19.3 Å². The molecule has 0 aliphatic rings. The normalized spacial score (nSPS) is 9.61. The standard InChI is InChI=1S/C7H7BrO3S.C6H5BrO3S/c1-10-5-4(8)3-12-6(5)7(9)11-2;1-10-4-3(7)2-11-5(4)6(8)9/h3H,1-2H3;2H,1H3,(H,8,9). The van der Waals surface area contributed by atoms with E-state index in [9.17, 15) is 9.59 Å². The van der Waals surface area contributed by atoms with Gasteiger partial charge in [0.1, 0.15) is 0 Å². The van der Waals surface area contributed by atoms with Crippen molar-refractivity contribution in [3.8, 4) is 11.5 Å². The molecule has 0 fully saturated rings. The van der Waals surface area contributed by atoms with E-state index in [2.05, 4.69) is 36.6 Å². The van der Waals surface area contributed by atoms with Gasteiger partial charge in [0.25, 0.3) is 0 Å². The maximum atomic E-state index is 11.1. The maximum absolute atomic E-state index is 11.1. The number of carboxylic acids is 1. The summed E-state index contributed by atoms with van der Waals surface area (Å²) in [5.41, 5.74) is 0. The van der Waals surface area contributed by atoms with Crippen molar-refractivity contribution >= 4 is 66.5 Å². The molecule has 0 saturated heterocycles. The second-order valence-corrected chi connectivity index (χ2v) is 7.16. The Hall–Kier alpha value is -1.10. The lowest BCUT2D eigenvalue weighted by atomic mass is 10.4. The van der Waals surface area contributed by atoms with Gasteiger partial charge in [-0.3, -0.25) is 0 Å². The predicted molar refractivity (Wildman–Crippen MR) is 95.4 cm³/mol. The zero-order valence-corrected chi connectivity index (χ0v) is 17.0.